The minimum atomic E-state index is -0.482. The first kappa shape index (κ1) is 23.0. The number of hydrogen-bond acceptors (Lipinski definition) is 5. The number of carbonyl (C=O) groups is 1. The minimum absolute atomic E-state index is 0.0161. The summed E-state index contributed by atoms with van der Waals surface area (Å²) in [7, 11) is 0. The van der Waals surface area contributed by atoms with E-state index in [1.165, 1.54) is 0 Å². The molecule has 2 saturated heterocycles. The fraction of sp³-hybridized carbons (Fsp3) is 0.714. The van der Waals surface area contributed by atoms with Crippen LogP contribution >= 0.6 is 11.8 Å². The van der Waals surface area contributed by atoms with Gasteiger partial charge in [0.05, 0.1) is 5.41 Å². The molecule has 3 heterocycles. The molecule has 0 spiro atoms. The van der Waals surface area contributed by atoms with E-state index in [1.807, 2.05) is 44.8 Å². The quantitative estimate of drug-likeness (QED) is 0.725. The van der Waals surface area contributed by atoms with E-state index < -0.39 is 5.41 Å². The molecule has 2 aliphatic heterocycles. The standard InChI is InChI=1S/C19H28N2O4S.C2H6/c1-15-5-9-21(16(22)14-15)10-6-19(7-12-26-13-8-19)18(23)20-25-17-4-2-3-11-24-17;1-2/h5,9,14,17H,2-4,6-8,10-13H2,1H3,(H,20,23);1-2H3. The number of aryl methyl sites for hydroxylation is 2. The van der Waals surface area contributed by atoms with Crippen LogP contribution in [0.2, 0.25) is 0 Å². The van der Waals surface area contributed by atoms with Crippen molar-refractivity contribution >= 4 is 17.7 Å². The summed E-state index contributed by atoms with van der Waals surface area (Å²) < 4.78 is 7.21. The van der Waals surface area contributed by atoms with Gasteiger partial charge in [-0.25, -0.2) is 10.3 Å². The maximum Gasteiger partial charge on any atom is 0.250 e. The molecular formula is C21H34N2O4S. The molecule has 1 amide bonds. The van der Waals surface area contributed by atoms with Crippen LogP contribution in [0.4, 0.5) is 0 Å². The van der Waals surface area contributed by atoms with Crippen molar-refractivity contribution in [2.45, 2.75) is 72.1 Å². The molecule has 1 N–H and O–H groups in total. The Labute approximate surface area is 172 Å². The van der Waals surface area contributed by atoms with E-state index in [4.69, 9.17) is 9.57 Å². The number of thioether (sulfide) groups is 1. The third-order valence-corrected chi connectivity index (χ3v) is 6.32. The molecule has 2 fully saturated rings. The van der Waals surface area contributed by atoms with E-state index in [1.54, 1.807) is 10.6 Å². The lowest BCUT2D eigenvalue weighted by atomic mass is 9.78. The van der Waals surface area contributed by atoms with Crippen LogP contribution < -0.4 is 11.0 Å². The fourth-order valence-corrected chi connectivity index (χ4v) is 4.78. The summed E-state index contributed by atoms with van der Waals surface area (Å²) in [5.41, 5.74) is 3.12. The predicted octanol–water partition coefficient (Wildman–Crippen LogP) is 3.66. The zero-order chi connectivity index (χ0) is 20.4. The van der Waals surface area contributed by atoms with Crippen molar-refractivity contribution in [3.05, 3.63) is 34.2 Å². The molecular weight excluding hydrogens is 376 g/mol. The van der Waals surface area contributed by atoms with Gasteiger partial charge in [-0.1, -0.05) is 13.8 Å². The van der Waals surface area contributed by atoms with Gasteiger partial charge >= 0.3 is 0 Å². The Bertz CT molecular complexity index is 665. The highest BCUT2D eigenvalue weighted by molar-refractivity contribution is 7.99. The van der Waals surface area contributed by atoms with Gasteiger partial charge in [0, 0.05) is 31.8 Å². The number of nitrogens with zero attached hydrogens (tertiary/aromatic N) is 1. The number of pyridine rings is 1. The van der Waals surface area contributed by atoms with E-state index in [2.05, 4.69) is 5.48 Å². The van der Waals surface area contributed by atoms with Crippen LogP contribution in [-0.2, 0) is 20.9 Å². The van der Waals surface area contributed by atoms with Crippen molar-refractivity contribution in [3.63, 3.8) is 0 Å². The maximum absolute atomic E-state index is 12.9. The highest BCUT2D eigenvalue weighted by Gasteiger charge is 2.40. The lowest BCUT2D eigenvalue weighted by molar-refractivity contribution is -0.205. The van der Waals surface area contributed by atoms with Crippen molar-refractivity contribution in [1.82, 2.24) is 10.0 Å². The van der Waals surface area contributed by atoms with Gasteiger partial charge in [-0.05, 0) is 62.2 Å². The second-order valence-corrected chi connectivity index (χ2v) is 8.45. The highest BCUT2D eigenvalue weighted by Crippen LogP contribution is 2.38. The summed E-state index contributed by atoms with van der Waals surface area (Å²) in [5.74, 6) is 1.83. The molecule has 1 atom stereocenters. The Morgan fingerprint density at radius 1 is 1.36 bits per heavy atom. The number of aromatic nitrogens is 1. The van der Waals surface area contributed by atoms with Crippen LogP contribution in [0, 0.1) is 12.3 Å². The number of amides is 1. The van der Waals surface area contributed by atoms with Crippen molar-refractivity contribution in [1.29, 1.82) is 0 Å². The summed E-state index contributed by atoms with van der Waals surface area (Å²) in [6.07, 6.45) is 6.62. The average Bonchev–Trinajstić information content (AvgIpc) is 2.74. The fourth-order valence-electron chi connectivity index (χ4n) is 3.51. The van der Waals surface area contributed by atoms with E-state index in [0.717, 1.165) is 49.2 Å². The van der Waals surface area contributed by atoms with Crippen LogP contribution in [0.5, 0.6) is 0 Å². The molecule has 1 unspecified atom stereocenters. The number of rotatable bonds is 6. The predicted molar refractivity (Wildman–Crippen MR) is 113 cm³/mol. The van der Waals surface area contributed by atoms with Gasteiger partial charge in [0.2, 0.25) is 5.91 Å². The van der Waals surface area contributed by atoms with Gasteiger partial charge in [-0.2, -0.15) is 11.8 Å². The summed E-state index contributed by atoms with van der Waals surface area (Å²) >= 11 is 1.87. The molecule has 1 aromatic rings. The molecule has 0 aromatic carbocycles. The van der Waals surface area contributed by atoms with Crippen molar-refractivity contribution in [2.75, 3.05) is 18.1 Å². The number of ether oxygens (including phenoxy) is 1. The highest BCUT2D eigenvalue weighted by atomic mass is 32.2. The molecule has 2 aliphatic rings. The minimum Gasteiger partial charge on any atom is -0.350 e. The first-order chi connectivity index (χ1) is 13.6. The normalized spacial score (nSPS) is 21.3. The number of hydroxylamine groups is 1. The SMILES string of the molecule is CC.Cc1ccn(CCC2(C(=O)NOC3CCCCO3)CCSCC2)c(=O)c1. The van der Waals surface area contributed by atoms with Crippen LogP contribution in [0.25, 0.3) is 0 Å². The monoisotopic (exact) mass is 410 g/mol. The van der Waals surface area contributed by atoms with Crippen molar-refractivity contribution in [2.24, 2.45) is 5.41 Å². The second-order valence-electron chi connectivity index (χ2n) is 7.22. The number of hydrogen-bond donors (Lipinski definition) is 1. The van der Waals surface area contributed by atoms with E-state index in [0.29, 0.717) is 19.6 Å². The maximum atomic E-state index is 12.9. The van der Waals surface area contributed by atoms with Gasteiger partial charge in [0.1, 0.15) is 0 Å². The third kappa shape index (κ3) is 6.36. The first-order valence-corrected chi connectivity index (χ1v) is 11.6. The second kappa shape index (κ2) is 11.6. The summed E-state index contributed by atoms with van der Waals surface area (Å²) in [6, 6.07) is 3.56. The molecule has 0 bridgehead atoms. The van der Waals surface area contributed by atoms with Crippen LogP contribution in [0.3, 0.4) is 0 Å². The van der Waals surface area contributed by atoms with E-state index in [9.17, 15) is 9.59 Å². The average molecular weight is 411 g/mol. The topological polar surface area (TPSA) is 69.6 Å². The molecule has 158 valence electrons. The number of nitrogens with one attached hydrogen (secondary N) is 1. The van der Waals surface area contributed by atoms with Crippen LogP contribution in [0.15, 0.2) is 23.1 Å². The van der Waals surface area contributed by atoms with Gasteiger partial charge in [0.25, 0.3) is 5.56 Å². The zero-order valence-corrected chi connectivity index (χ0v) is 18.2. The molecule has 0 aliphatic carbocycles. The van der Waals surface area contributed by atoms with Crippen LogP contribution in [-0.4, -0.2) is 34.9 Å². The molecule has 0 saturated carbocycles. The molecule has 28 heavy (non-hydrogen) atoms. The lowest BCUT2D eigenvalue weighted by Crippen LogP contribution is -2.46. The lowest BCUT2D eigenvalue weighted by Gasteiger charge is -2.36. The van der Waals surface area contributed by atoms with E-state index >= 15 is 0 Å². The van der Waals surface area contributed by atoms with Crippen LogP contribution in [0.1, 0.15) is 57.9 Å². The Balaban J connectivity index is 0.00000136. The smallest absolute Gasteiger partial charge is 0.250 e. The third-order valence-electron chi connectivity index (χ3n) is 5.34. The zero-order valence-electron chi connectivity index (χ0n) is 17.4. The Kier molecular flexibility index (Phi) is 9.55. The molecule has 3 rings (SSSR count). The molecule has 1 aromatic heterocycles. The van der Waals surface area contributed by atoms with Crippen molar-refractivity contribution < 1.29 is 14.4 Å². The Morgan fingerprint density at radius 2 is 2.11 bits per heavy atom. The largest absolute Gasteiger partial charge is 0.350 e. The Hall–Kier alpha value is -1.31. The summed E-state index contributed by atoms with van der Waals surface area (Å²) in [6.45, 7) is 7.12. The first-order valence-electron chi connectivity index (χ1n) is 10.4. The molecule has 6 nitrogen and oxygen atoms in total. The Morgan fingerprint density at radius 3 is 2.75 bits per heavy atom. The van der Waals surface area contributed by atoms with Gasteiger partial charge in [0.15, 0.2) is 6.29 Å². The molecule has 0 radical (unpaired) electrons. The van der Waals surface area contributed by atoms with E-state index in [-0.39, 0.29) is 17.8 Å². The van der Waals surface area contributed by atoms with Crippen molar-refractivity contribution in [3.8, 4) is 0 Å². The summed E-state index contributed by atoms with van der Waals surface area (Å²) in [4.78, 5) is 30.6. The summed E-state index contributed by atoms with van der Waals surface area (Å²) in [5, 5.41) is 0. The van der Waals surface area contributed by atoms with Gasteiger partial charge in [-0.15, -0.1) is 0 Å². The number of carbonyl (C=O) groups excluding carboxylic acids is 1. The van der Waals surface area contributed by atoms with Gasteiger partial charge in [-0.3, -0.25) is 9.59 Å². The molecule has 7 heteroatoms. The van der Waals surface area contributed by atoms with Gasteiger partial charge < -0.3 is 9.30 Å².